The first kappa shape index (κ1) is 12.7. The largest absolute Gasteiger partial charge is 0.369 e. The smallest absolute Gasteiger partial charge is 0.201 e. The number of hydrogen-bond donors (Lipinski definition) is 1. The zero-order valence-electron chi connectivity index (χ0n) is 11.3. The van der Waals surface area contributed by atoms with Gasteiger partial charge in [0.15, 0.2) is 0 Å². The average molecular weight is 269 g/mol. The molecule has 0 spiro atoms. The van der Waals surface area contributed by atoms with Crippen molar-refractivity contribution in [2.45, 2.75) is 19.9 Å². The van der Waals surface area contributed by atoms with Gasteiger partial charge in [-0.1, -0.05) is 24.3 Å². The van der Waals surface area contributed by atoms with Gasteiger partial charge in [-0.05, 0) is 42.7 Å². The van der Waals surface area contributed by atoms with Crippen LogP contribution in [0.4, 0.5) is 10.3 Å². The highest BCUT2D eigenvalue weighted by Crippen LogP contribution is 2.21. The van der Waals surface area contributed by atoms with Gasteiger partial charge in [0, 0.05) is 6.54 Å². The molecule has 0 radical (unpaired) electrons. The molecule has 4 heteroatoms. The molecule has 0 saturated carbocycles. The van der Waals surface area contributed by atoms with E-state index in [1.54, 1.807) is 12.1 Å². The molecular formula is C16H16FN3. The Hall–Kier alpha value is -2.36. The van der Waals surface area contributed by atoms with E-state index in [4.69, 9.17) is 5.73 Å². The topological polar surface area (TPSA) is 43.8 Å². The fraction of sp³-hybridized carbons (Fsp3) is 0.188. The molecule has 3 nitrogen and oxygen atoms in total. The Morgan fingerprint density at radius 1 is 1.20 bits per heavy atom. The lowest BCUT2D eigenvalue weighted by Gasteiger charge is -2.07. The summed E-state index contributed by atoms with van der Waals surface area (Å²) < 4.78 is 15.2. The summed E-state index contributed by atoms with van der Waals surface area (Å²) in [7, 11) is 0. The van der Waals surface area contributed by atoms with Crippen LogP contribution in [0.25, 0.3) is 11.0 Å². The Bertz CT molecular complexity index is 762. The van der Waals surface area contributed by atoms with Crippen molar-refractivity contribution in [2.75, 3.05) is 5.73 Å². The molecule has 0 saturated heterocycles. The van der Waals surface area contributed by atoms with E-state index in [0.29, 0.717) is 12.5 Å². The molecule has 0 unspecified atom stereocenters. The van der Waals surface area contributed by atoms with E-state index in [2.05, 4.69) is 4.98 Å². The van der Waals surface area contributed by atoms with Crippen LogP contribution in [-0.2, 0) is 13.0 Å². The van der Waals surface area contributed by atoms with Gasteiger partial charge < -0.3 is 10.3 Å². The number of nitrogens with two attached hydrogens (primary N) is 1. The minimum absolute atomic E-state index is 0.207. The fourth-order valence-corrected chi connectivity index (χ4v) is 2.47. The predicted octanol–water partition coefficient (Wildman–Crippen LogP) is 3.31. The molecule has 0 bridgehead atoms. The molecule has 1 heterocycles. The van der Waals surface area contributed by atoms with Gasteiger partial charge in [-0.3, -0.25) is 0 Å². The summed E-state index contributed by atoms with van der Waals surface area (Å²) >= 11 is 0. The summed E-state index contributed by atoms with van der Waals surface area (Å²) in [5.41, 5.74) is 10.0. The number of imidazole rings is 1. The molecule has 3 aromatic rings. The van der Waals surface area contributed by atoms with Crippen LogP contribution in [0.15, 0.2) is 42.5 Å². The molecule has 0 aliphatic heterocycles. The maximum absolute atomic E-state index is 13.2. The van der Waals surface area contributed by atoms with E-state index < -0.39 is 0 Å². The number of anilines is 1. The van der Waals surface area contributed by atoms with Crippen LogP contribution >= 0.6 is 0 Å². The van der Waals surface area contributed by atoms with Crippen LogP contribution in [0.1, 0.15) is 11.1 Å². The van der Waals surface area contributed by atoms with Crippen molar-refractivity contribution in [1.29, 1.82) is 0 Å². The van der Waals surface area contributed by atoms with Gasteiger partial charge >= 0.3 is 0 Å². The number of hydrogen-bond acceptors (Lipinski definition) is 2. The summed E-state index contributed by atoms with van der Waals surface area (Å²) in [5.74, 6) is 0.299. The molecule has 0 aliphatic rings. The van der Waals surface area contributed by atoms with Crippen molar-refractivity contribution in [2.24, 2.45) is 0 Å². The Morgan fingerprint density at radius 2 is 2.00 bits per heavy atom. The summed E-state index contributed by atoms with van der Waals surface area (Å²) in [6.45, 7) is 2.71. The third-order valence-corrected chi connectivity index (χ3v) is 3.52. The lowest BCUT2D eigenvalue weighted by atomic mass is 10.1. The van der Waals surface area contributed by atoms with E-state index >= 15 is 0 Å². The number of nitrogen functional groups attached to an aromatic ring is 1. The number of para-hydroxylation sites is 1. The summed E-state index contributed by atoms with van der Waals surface area (Å²) in [6, 6.07) is 12.7. The van der Waals surface area contributed by atoms with Crippen LogP contribution in [-0.4, -0.2) is 9.55 Å². The average Bonchev–Trinajstić information content (AvgIpc) is 2.74. The third-order valence-electron chi connectivity index (χ3n) is 3.52. The maximum atomic E-state index is 13.2. The van der Waals surface area contributed by atoms with Crippen LogP contribution in [0.2, 0.25) is 0 Å². The molecule has 2 N–H and O–H groups in total. The summed E-state index contributed by atoms with van der Waals surface area (Å²) in [6.07, 6.45) is 0.724. The number of benzene rings is 2. The van der Waals surface area contributed by atoms with Crippen molar-refractivity contribution in [3.63, 3.8) is 0 Å². The van der Waals surface area contributed by atoms with Gasteiger partial charge in [-0.25, -0.2) is 9.37 Å². The van der Waals surface area contributed by atoms with Gasteiger partial charge in [-0.2, -0.15) is 0 Å². The minimum Gasteiger partial charge on any atom is -0.369 e. The van der Waals surface area contributed by atoms with E-state index in [1.807, 2.05) is 35.8 Å². The van der Waals surface area contributed by atoms with Crippen LogP contribution < -0.4 is 5.73 Å². The molecule has 3 rings (SSSR count). The molecule has 0 aliphatic carbocycles. The first-order valence-electron chi connectivity index (χ1n) is 6.61. The highest BCUT2D eigenvalue weighted by atomic mass is 19.1. The Labute approximate surface area is 116 Å². The Morgan fingerprint density at radius 3 is 2.80 bits per heavy atom. The van der Waals surface area contributed by atoms with Crippen LogP contribution in [0.3, 0.4) is 0 Å². The molecule has 2 aromatic carbocycles. The van der Waals surface area contributed by atoms with Crippen molar-refractivity contribution in [1.82, 2.24) is 9.55 Å². The van der Waals surface area contributed by atoms with E-state index in [0.717, 1.165) is 28.6 Å². The molecular weight excluding hydrogens is 253 g/mol. The normalized spacial score (nSPS) is 11.1. The second kappa shape index (κ2) is 4.96. The van der Waals surface area contributed by atoms with Crippen LogP contribution in [0.5, 0.6) is 0 Å². The summed E-state index contributed by atoms with van der Waals surface area (Å²) in [4.78, 5) is 4.41. The molecule has 0 fully saturated rings. The Kier molecular flexibility index (Phi) is 3.14. The number of fused-ring (bicyclic) bond motifs is 1. The first-order chi connectivity index (χ1) is 9.65. The van der Waals surface area contributed by atoms with E-state index in [-0.39, 0.29) is 5.82 Å². The standard InChI is InChI=1S/C16H16FN3/c1-11-4-2-7-14-15(11)19-16(18)20(14)9-8-12-5-3-6-13(17)10-12/h2-7,10H,8-9H2,1H3,(H2,18,19). The number of aryl methyl sites for hydroxylation is 3. The van der Waals surface area contributed by atoms with Gasteiger partial charge in [0.2, 0.25) is 5.95 Å². The number of aromatic nitrogens is 2. The van der Waals surface area contributed by atoms with Crippen molar-refractivity contribution < 1.29 is 4.39 Å². The van der Waals surface area contributed by atoms with Crippen molar-refractivity contribution in [3.8, 4) is 0 Å². The monoisotopic (exact) mass is 269 g/mol. The molecule has 102 valence electrons. The number of rotatable bonds is 3. The molecule has 20 heavy (non-hydrogen) atoms. The lowest BCUT2D eigenvalue weighted by molar-refractivity contribution is 0.623. The van der Waals surface area contributed by atoms with Crippen molar-refractivity contribution >= 4 is 17.0 Å². The highest BCUT2D eigenvalue weighted by molar-refractivity contribution is 5.81. The van der Waals surface area contributed by atoms with Crippen LogP contribution in [0, 0.1) is 12.7 Å². The van der Waals surface area contributed by atoms with Gasteiger partial charge in [0.05, 0.1) is 11.0 Å². The predicted molar refractivity (Wildman–Crippen MR) is 79.0 cm³/mol. The van der Waals surface area contributed by atoms with Gasteiger partial charge in [0.25, 0.3) is 0 Å². The molecule has 0 amide bonds. The van der Waals surface area contributed by atoms with Gasteiger partial charge in [0.1, 0.15) is 5.82 Å². The molecule has 1 aromatic heterocycles. The fourth-order valence-electron chi connectivity index (χ4n) is 2.47. The lowest BCUT2D eigenvalue weighted by Crippen LogP contribution is -2.05. The second-order valence-corrected chi connectivity index (χ2v) is 4.94. The van der Waals surface area contributed by atoms with E-state index in [1.165, 1.54) is 6.07 Å². The first-order valence-corrected chi connectivity index (χ1v) is 6.61. The van der Waals surface area contributed by atoms with Gasteiger partial charge in [-0.15, -0.1) is 0 Å². The maximum Gasteiger partial charge on any atom is 0.201 e. The highest BCUT2D eigenvalue weighted by Gasteiger charge is 2.09. The zero-order chi connectivity index (χ0) is 14.1. The summed E-state index contributed by atoms with van der Waals surface area (Å²) in [5, 5.41) is 0. The zero-order valence-corrected chi connectivity index (χ0v) is 11.3. The third kappa shape index (κ3) is 2.25. The number of halogens is 1. The Balaban J connectivity index is 1.91. The number of nitrogens with zero attached hydrogens (tertiary/aromatic N) is 2. The molecule has 0 atom stereocenters. The van der Waals surface area contributed by atoms with E-state index in [9.17, 15) is 4.39 Å². The minimum atomic E-state index is -0.207. The second-order valence-electron chi connectivity index (χ2n) is 4.94. The SMILES string of the molecule is Cc1cccc2c1nc(N)n2CCc1cccc(F)c1. The quantitative estimate of drug-likeness (QED) is 0.792. The van der Waals surface area contributed by atoms with Crippen molar-refractivity contribution in [3.05, 3.63) is 59.4 Å².